The van der Waals surface area contributed by atoms with Gasteiger partial charge in [0.25, 0.3) is 16.8 Å². The van der Waals surface area contributed by atoms with Gasteiger partial charge in [-0.2, -0.15) is 0 Å². The number of aromatic nitrogens is 2. The van der Waals surface area contributed by atoms with Gasteiger partial charge in [-0.05, 0) is 61.0 Å². The molecule has 1 saturated heterocycles. The Balaban J connectivity index is 1.62. The minimum Gasteiger partial charge on any atom is -0.325 e. The third-order valence-corrected chi connectivity index (χ3v) is 6.78. The topological polar surface area (TPSA) is 137 Å². The Morgan fingerprint density at radius 1 is 1.06 bits per heavy atom. The maximum absolute atomic E-state index is 12.9. The van der Waals surface area contributed by atoms with Crippen molar-refractivity contribution in [2.45, 2.75) is 13.8 Å². The average Bonchev–Trinajstić information content (AvgIpc) is 3.17. The highest BCUT2D eigenvalue weighted by Gasteiger charge is 2.37. The van der Waals surface area contributed by atoms with Crippen LogP contribution in [0.2, 0.25) is 0 Å². The van der Waals surface area contributed by atoms with Crippen molar-refractivity contribution in [1.29, 1.82) is 0 Å². The molecular weight excluding hydrogens is 474 g/mol. The lowest BCUT2D eigenvalue weighted by Crippen LogP contribution is -2.36. The van der Waals surface area contributed by atoms with Gasteiger partial charge < -0.3 is 5.32 Å². The van der Waals surface area contributed by atoms with Crippen molar-refractivity contribution in [1.82, 2.24) is 14.0 Å². The van der Waals surface area contributed by atoms with E-state index in [-0.39, 0.29) is 21.8 Å². The first-order valence-corrected chi connectivity index (χ1v) is 11.3. The third-order valence-electron chi connectivity index (χ3n) is 5.87. The highest BCUT2D eigenvalue weighted by molar-refractivity contribution is 8.18. The molecular formula is C23H21N5O6S. The molecule has 12 heteroatoms. The second-order valence-corrected chi connectivity index (χ2v) is 9.17. The van der Waals surface area contributed by atoms with Crippen LogP contribution in [0.3, 0.4) is 0 Å². The zero-order valence-electron chi connectivity index (χ0n) is 19.3. The van der Waals surface area contributed by atoms with Crippen LogP contribution < -0.4 is 11.0 Å². The average molecular weight is 496 g/mol. The van der Waals surface area contributed by atoms with Crippen molar-refractivity contribution in [3.63, 3.8) is 0 Å². The number of hydrogen-bond donors (Lipinski definition) is 1. The summed E-state index contributed by atoms with van der Waals surface area (Å²) in [4.78, 5) is 61.8. The Labute approximate surface area is 203 Å². The van der Waals surface area contributed by atoms with Gasteiger partial charge >= 0.3 is 5.69 Å². The SMILES string of the molecule is Cc1ccc(NC(=O)CN2C(=O)S/C(=C\c3cc4c(cc3[N+](=O)[O-])n(C)c(=O)n4C)C2=O)cc1C. The van der Waals surface area contributed by atoms with E-state index in [2.05, 4.69) is 5.32 Å². The molecule has 0 atom stereocenters. The highest BCUT2D eigenvalue weighted by Crippen LogP contribution is 2.35. The first-order chi connectivity index (χ1) is 16.5. The van der Waals surface area contributed by atoms with Gasteiger partial charge in [0.05, 0.1) is 26.4 Å². The number of carbonyl (C=O) groups excluding carboxylic acids is 3. The number of aryl methyl sites for hydroxylation is 4. The van der Waals surface area contributed by atoms with Gasteiger partial charge in [0.2, 0.25) is 5.91 Å². The molecule has 180 valence electrons. The predicted molar refractivity (Wildman–Crippen MR) is 132 cm³/mol. The molecule has 1 aliphatic rings. The van der Waals surface area contributed by atoms with E-state index in [1.807, 2.05) is 19.9 Å². The zero-order valence-corrected chi connectivity index (χ0v) is 20.1. The molecule has 2 aromatic carbocycles. The molecule has 4 rings (SSSR count). The van der Waals surface area contributed by atoms with Crippen LogP contribution in [-0.2, 0) is 23.7 Å². The Morgan fingerprint density at radius 2 is 1.71 bits per heavy atom. The summed E-state index contributed by atoms with van der Waals surface area (Å²) in [6.07, 6.45) is 1.24. The fourth-order valence-corrected chi connectivity index (χ4v) is 4.59. The summed E-state index contributed by atoms with van der Waals surface area (Å²) in [5.41, 5.74) is 2.75. The fourth-order valence-electron chi connectivity index (χ4n) is 3.76. The Morgan fingerprint density at radius 3 is 2.34 bits per heavy atom. The van der Waals surface area contributed by atoms with Crippen LogP contribution >= 0.6 is 11.8 Å². The van der Waals surface area contributed by atoms with Gasteiger partial charge in [0, 0.05) is 25.8 Å². The van der Waals surface area contributed by atoms with E-state index in [0.29, 0.717) is 28.5 Å². The van der Waals surface area contributed by atoms with E-state index in [9.17, 15) is 29.3 Å². The summed E-state index contributed by atoms with van der Waals surface area (Å²) < 4.78 is 2.62. The molecule has 0 spiro atoms. The molecule has 35 heavy (non-hydrogen) atoms. The first-order valence-electron chi connectivity index (χ1n) is 10.4. The number of nitrogens with one attached hydrogen (secondary N) is 1. The van der Waals surface area contributed by atoms with Gasteiger partial charge in [-0.1, -0.05) is 6.07 Å². The lowest BCUT2D eigenvalue weighted by molar-refractivity contribution is -0.385. The summed E-state index contributed by atoms with van der Waals surface area (Å²) in [7, 11) is 3.03. The van der Waals surface area contributed by atoms with Crippen LogP contribution in [0.1, 0.15) is 16.7 Å². The number of benzene rings is 2. The molecule has 1 aromatic heterocycles. The summed E-state index contributed by atoms with van der Waals surface area (Å²) in [5.74, 6) is -1.28. The maximum Gasteiger partial charge on any atom is 0.328 e. The van der Waals surface area contributed by atoms with E-state index < -0.39 is 28.5 Å². The number of amides is 3. The normalized spacial score (nSPS) is 14.9. The number of anilines is 1. The number of nitrogens with zero attached hydrogens (tertiary/aromatic N) is 4. The molecule has 0 radical (unpaired) electrons. The van der Waals surface area contributed by atoms with Crippen LogP contribution in [0.4, 0.5) is 16.2 Å². The molecule has 1 aliphatic heterocycles. The number of rotatable bonds is 5. The molecule has 0 aliphatic carbocycles. The quantitative estimate of drug-likeness (QED) is 0.326. The van der Waals surface area contributed by atoms with Crippen LogP contribution in [-0.4, -0.2) is 42.6 Å². The largest absolute Gasteiger partial charge is 0.328 e. The van der Waals surface area contributed by atoms with Crippen LogP contribution in [0.5, 0.6) is 0 Å². The van der Waals surface area contributed by atoms with Crippen molar-refractivity contribution in [3.05, 3.63) is 72.5 Å². The smallest absolute Gasteiger partial charge is 0.325 e. The summed E-state index contributed by atoms with van der Waals surface area (Å²) in [6.45, 7) is 3.34. The van der Waals surface area contributed by atoms with E-state index >= 15 is 0 Å². The third kappa shape index (κ3) is 4.35. The monoisotopic (exact) mass is 495 g/mol. The number of thioether (sulfide) groups is 1. The molecule has 3 aromatic rings. The van der Waals surface area contributed by atoms with Gasteiger partial charge in [0.15, 0.2) is 0 Å². The summed E-state index contributed by atoms with van der Waals surface area (Å²) >= 11 is 0.590. The van der Waals surface area contributed by atoms with Crippen LogP contribution in [0.25, 0.3) is 17.1 Å². The second-order valence-electron chi connectivity index (χ2n) is 8.17. The Kier molecular flexibility index (Phi) is 6.07. The van der Waals surface area contributed by atoms with E-state index in [4.69, 9.17) is 0 Å². The minimum atomic E-state index is -0.730. The van der Waals surface area contributed by atoms with Gasteiger partial charge in [-0.15, -0.1) is 0 Å². The number of imidazole rings is 1. The summed E-state index contributed by atoms with van der Waals surface area (Å²) in [5, 5.41) is 13.7. The van der Waals surface area contributed by atoms with Crippen molar-refractivity contribution in [3.8, 4) is 0 Å². The van der Waals surface area contributed by atoms with Crippen LogP contribution in [0, 0.1) is 24.0 Å². The second kappa shape index (κ2) is 8.87. The number of imide groups is 1. The standard InChI is InChI=1S/C23H21N5O6S/c1-12-5-6-15(7-13(12)2)24-20(29)11-27-21(30)19(35-23(27)32)9-14-8-17-18(10-16(14)28(33)34)26(4)22(31)25(17)3/h5-10H,11H2,1-4H3,(H,24,29)/b19-9-. The lowest BCUT2D eigenvalue weighted by atomic mass is 10.1. The molecule has 0 bridgehead atoms. The Bertz CT molecular complexity index is 1530. The number of carbonyl (C=O) groups is 3. The van der Waals surface area contributed by atoms with Crippen molar-refractivity contribution in [2.24, 2.45) is 14.1 Å². The lowest BCUT2D eigenvalue weighted by Gasteiger charge is -2.13. The number of nitro groups is 1. The minimum absolute atomic E-state index is 0.0580. The number of nitro benzene ring substituents is 1. The number of fused-ring (bicyclic) bond motifs is 1. The number of hydrogen-bond acceptors (Lipinski definition) is 7. The highest BCUT2D eigenvalue weighted by atomic mass is 32.2. The molecule has 2 heterocycles. The van der Waals surface area contributed by atoms with E-state index in [0.717, 1.165) is 16.0 Å². The Hall–Kier alpha value is -4.19. The van der Waals surface area contributed by atoms with Crippen molar-refractivity contribution in [2.75, 3.05) is 11.9 Å². The molecule has 0 saturated carbocycles. The summed E-state index contributed by atoms with van der Waals surface area (Å²) in [6, 6.07) is 8.03. The van der Waals surface area contributed by atoms with Gasteiger partial charge in [-0.25, -0.2) is 4.79 Å². The van der Waals surface area contributed by atoms with Crippen molar-refractivity contribution >= 4 is 57.3 Å². The predicted octanol–water partition coefficient (Wildman–Crippen LogP) is 3.08. The fraction of sp³-hybridized carbons (Fsp3) is 0.217. The first kappa shape index (κ1) is 24.0. The maximum atomic E-state index is 12.9. The van der Waals surface area contributed by atoms with Crippen molar-refractivity contribution < 1.29 is 19.3 Å². The molecule has 11 nitrogen and oxygen atoms in total. The molecule has 3 amide bonds. The van der Waals surface area contributed by atoms with E-state index in [1.165, 1.54) is 41.4 Å². The molecule has 1 fully saturated rings. The van der Waals surface area contributed by atoms with Crippen LogP contribution in [0.15, 0.2) is 40.0 Å². The van der Waals surface area contributed by atoms with E-state index in [1.54, 1.807) is 12.1 Å². The molecule has 0 unspecified atom stereocenters. The van der Waals surface area contributed by atoms with Gasteiger partial charge in [0.1, 0.15) is 6.54 Å². The molecule has 1 N–H and O–H groups in total. The van der Waals surface area contributed by atoms with Gasteiger partial charge in [-0.3, -0.25) is 38.5 Å². The zero-order chi connectivity index (χ0) is 25.6.